The largest absolute Gasteiger partial charge is 1.00 e. The Morgan fingerprint density at radius 2 is 1.00 bits per heavy atom. The van der Waals surface area contributed by atoms with Crippen LogP contribution in [0.15, 0.2) is 0 Å². The summed E-state index contributed by atoms with van der Waals surface area (Å²) in [6, 6.07) is 0. The molecule has 0 saturated heterocycles. The smallest absolute Gasteiger partial charge is 0.375 e. The molecule has 0 aliphatic heterocycles. The van der Waals surface area contributed by atoms with Gasteiger partial charge in [-0.15, -0.1) is 0 Å². The molecule has 0 aromatic heterocycles. The summed E-state index contributed by atoms with van der Waals surface area (Å²) in [5.74, 6) is 0. The van der Waals surface area contributed by atoms with Crippen molar-refractivity contribution in [2.24, 2.45) is 0 Å². The third-order valence-corrected chi connectivity index (χ3v) is 3.44. The van der Waals surface area contributed by atoms with Gasteiger partial charge in [0.25, 0.3) is 20.2 Å². The molecule has 0 aliphatic rings. The minimum atomic E-state index is -4.57. The monoisotopic (exact) mass is 310 g/mol. The zero-order valence-electron chi connectivity index (χ0n) is 9.51. The molecule has 8 nitrogen and oxygen atoms in total. The predicted octanol–water partition coefficient (Wildman–Crippen LogP) is -7.42. The predicted molar refractivity (Wildman–Crippen MR) is 49.0 cm³/mol. The third kappa shape index (κ3) is 11.3. The molecule has 2 atom stereocenters. The molecule has 0 saturated carbocycles. The van der Waals surface area contributed by atoms with E-state index in [0.717, 1.165) is 0 Å². The van der Waals surface area contributed by atoms with Gasteiger partial charge in [-0.05, 0) is 19.3 Å². The van der Waals surface area contributed by atoms with E-state index in [1.165, 1.54) is 0 Å². The fraction of sp³-hybridized carbons (Fsp3) is 1.00. The van der Waals surface area contributed by atoms with Gasteiger partial charge >= 0.3 is 59.1 Å². The van der Waals surface area contributed by atoms with Crippen LogP contribution >= 0.6 is 0 Å². The molecule has 0 spiro atoms. The molecule has 0 radical (unpaired) electrons. The van der Waals surface area contributed by atoms with Crippen molar-refractivity contribution in [1.82, 2.24) is 0 Å². The fourth-order valence-electron chi connectivity index (χ4n) is 0.765. The molecule has 0 heterocycles. The number of hydrogen-bond donors (Lipinski definition) is 4. The van der Waals surface area contributed by atoms with Crippen molar-refractivity contribution in [1.29, 1.82) is 0 Å². The molecule has 12 heteroatoms. The molecular formula is C5H12Na2O8S2+2. The number of rotatable bonds is 6. The zero-order chi connectivity index (χ0) is 12.3. The third-order valence-electron chi connectivity index (χ3n) is 1.59. The van der Waals surface area contributed by atoms with E-state index >= 15 is 0 Å². The van der Waals surface area contributed by atoms with Crippen LogP contribution in [-0.4, -0.2) is 47.0 Å². The summed E-state index contributed by atoms with van der Waals surface area (Å²) in [6.07, 6.45) is -1.07. The first kappa shape index (κ1) is 23.8. The standard InChI is InChI=1S/C5H12O8S2.2Na/c6-4(14(8,9)10)2-1-3-5(7)15(11,12)13;;/h4-7H,1-3H2,(H,8,9,10)(H,11,12,13);;/q;2*+1. The van der Waals surface area contributed by atoms with E-state index in [2.05, 4.69) is 0 Å². The van der Waals surface area contributed by atoms with Gasteiger partial charge in [0, 0.05) is 0 Å². The topological polar surface area (TPSA) is 149 Å². The van der Waals surface area contributed by atoms with Crippen molar-refractivity contribution in [3.8, 4) is 0 Å². The number of hydrogen-bond acceptors (Lipinski definition) is 6. The van der Waals surface area contributed by atoms with Crippen LogP contribution in [0.2, 0.25) is 0 Å². The van der Waals surface area contributed by atoms with Gasteiger partial charge in [0.1, 0.15) is 0 Å². The van der Waals surface area contributed by atoms with E-state index in [-0.39, 0.29) is 65.5 Å². The molecule has 2 unspecified atom stereocenters. The maximum Gasteiger partial charge on any atom is 1.00 e. The summed E-state index contributed by atoms with van der Waals surface area (Å²) in [4.78, 5) is 0. The summed E-state index contributed by atoms with van der Waals surface area (Å²) < 4.78 is 57.7. The Hall–Kier alpha value is 1.74. The second kappa shape index (κ2) is 9.61. The molecule has 0 rings (SSSR count). The molecule has 4 N–H and O–H groups in total. The molecule has 0 aromatic rings. The average molecular weight is 310 g/mol. The first-order valence-electron chi connectivity index (χ1n) is 3.84. The van der Waals surface area contributed by atoms with E-state index in [1.807, 2.05) is 0 Å². The Morgan fingerprint density at radius 1 is 0.765 bits per heavy atom. The summed E-state index contributed by atoms with van der Waals surface area (Å²) in [5, 5.41) is 17.5. The average Bonchev–Trinajstić information content (AvgIpc) is 2.00. The van der Waals surface area contributed by atoms with Crippen LogP contribution in [0.5, 0.6) is 0 Å². The fourth-order valence-corrected chi connectivity index (χ4v) is 1.69. The molecular weight excluding hydrogens is 298 g/mol. The van der Waals surface area contributed by atoms with Crippen LogP contribution in [0.25, 0.3) is 0 Å². The minimum Gasteiger partial charge on any atom is -0.375 e. The summed E-state index contributed by atoms with van der Waals surface area (Å²) in [6.45, 7) is 0. The van der Waals surface area contributed by atoms with Crippen molar-refractivity contribution >= 4 is 20.2 Å². The van der Waals surface area contributed by atoms with Gasteiger partial charge in [0.05, 0.1) is 0 Å². The molecule has 17 heavy (non-hydrogen) atoms. The Labute approximate surface area is 144 Å². The molecule has 92 valence electrons. The quantitative estimate of drug-likeness (QED) is 0.279. The Balaban J connectivity index is -0.000000980. The van der Waals surface area contributed by atoms with Gasteiger partial charge in [-0.3, -0.25) is 9.11 Å². The number of aliphatic hydroxyl groups is 2. The molecule has 0 bridgehead atoms. The van der Waals surface area contributed by atoms with Crippen molar-refractivity contribution < 1.29 is 95.3 Å². The minimum absolute atomic E-state index is 0. The Kier molecular flexibility index (Phi) is 13.5. The van der Waals surface area contributed by atoms with E-state index < -0.39 is 43.9 Å². The summed E-state index contributed by atoms with van der Waals surface area (Å²) >= 11 is 0. The first-order valence-corrected chi connectivity index (χ1v) is 6.84. The zero-order valence-corrected chi connectivity index (χ0v) is 15.1. The van der Waals surface area contributed by atoms with Gasteiger partial charge in [0.15, 0.2) is 10.9 Å². The van der Waals surface area contributed by atoms with Gasteiger partial charge < -0.3 is 10.2 Å². The van der Waals surface area contributed by atoms with Gasteiger partial charge in [-0.2, -0.15) is 16.8 Å². The molecule has 0 amide bonds. The van der Waals surface area contributed by atoms with Crippen LogP contribution in [0.4, 0.5) is 0 Å². The Bertz CT molecular complexity index is 352. The Morgan fingerprint density at radius 3 is 1.18 bits per heavy atom. The van der Waals surface area contributed by atoms with E-state index in [0.29, 0.717) is 0 Å². The van der Waals surface area contributed by atoms with Crippen molar-refractivity contribution in [3.63, 3.8) is 0 Å². The SMILES string of the molecule is O=S(=O)(O)C(O)CCCC(O)S(=O)(=O)O.[Na+].[Na+]. The van der Waals surface area contributed by atoms with Crippen LogP contribution in [0.3, 0.4) is 0 Å². The van der Waals surface area contributed by atoms with Crippen LogP contribution < -0.4 is 59.1 Å². The maximum absolute atomic E-state index is 10.3. The second-order valence-corrected chi connectivity index (χ2v) is 6.02. The molecule has 0 aromatic carbocycles. The van der Waals surface area contributed by atoms with Gasteiger partial charge in [-0.1, -0.05) is 0 Å². The van der Waals surface area contributed by atoms with E-state index in [4.69, 9.17) is 19.3 Å². The molecule has 0 aliphatic carbocycles. The summed E-state index contributed by atoms with van der Waals surface area (Å²) in [5.41, 5.74) is -4.04. The van der Waals surface area contributed by atoms with Crippen LogP contribution in [-0.2, 0) is 20.2 Å². The van der Waals surface area contributed by atoms with Crippen molar-refractivity contribution in [2.45, 2.75) is 30.1 Å². The van der Waals surface area contributed by atoms with E-state index in [9.17, 15) is 16.8 Å². The summed E-state index contributed by atoms with van der Waals surface area (Å²) in [7, 11) is -9.15. The van der Waals surface area contributed by atoms with Gasteiger partial charge in [-0.25, -0.2) is 0 Å². The normalized spacial score (nSPS) is 15.3. The second-order valence-electron chi connectivity index (χ2n) is 2.87. The first-order chi connectivity index (χ1) is 6.55. The van der Waals surface area contributed by atoms with Gasteiger partial charge in [0.2, 0.25) is 0 Å². The van der Waals surface area contributed by atoms with Crippen molar-refractivity contribution in [2.75, 3.05) is 0 Å². The van der Waals surface area contributed by atoms with Crippen molar-refractivity contribution in [3.05, 3.63) is 0 Å². The molecule has 0 fully saturated rings. The number of aliphatic hydroxyl groups excluding tert-OH is 2. The maximum atomic E-state index is 10.3. The van der Waals surface area contributed by atoms with E-state index in [1.54, 1.807) is 0 Å². The van der Waals surface area contributed by atoms with Crippen LogP contribution in [0, 0.1) is 0 Å². The van der Waals surface area contributed by atoms with Crippen LogP contribution in [0.1, 0.15) is 19.3 Å².